The number of aromatic nitrogens is 1. The Kier molecular flexibility index (Phi) is 4.13. The number of benzene rings is 2. The van der Waals surface area contributed by atoms with Crippen LogP contribution in [0.2, 0.25) is 0 Å². The van der Waals surface area contributed by atoms with Gasteiger partial charge in [0.25, 0.3) is 5.91 Å². The highest BCUT2D eigenvalue weighted by molar-refractivity contribution is 6.01. The third kappa shape index (κ3) is 2.49. The van der Waals surface area contributed by atoms with Crippen LogP contribution in [0.15, 0.2) is 48.5 Å². The van der Waals surface area contributed by atoms with E-state index in [1.807, 2.05) is 62.4 Å². The van der Waals surface area contributed by atoms with Crippen molar-refractivity contribution in [3.05, 3.63) is 65.4 Å². The van der Waals surface area contributed by atoms with Gasteiger partial charge in [0, 0.05) is 17.4 Å². The van der Waals surface area contributed by atoms with E-state index in [0.29, 0.717) is 13.0 Å². The third-order valence-corrected chi connectivity index (χ3v) is 6.76. The molecule has 2 aliphatic heterocycles. The molecule has 2 unspecified atom stereocenters. The molecule has 2 atom stereocenters. The van der Waals surface area contributed by atoms with E-state index >= 15 is 0 Å². The summed E-state index contributed by atoms with van der Waals surface area (Å²) in [7, 11) is 1.65. The van der Waals surface area contributed by atoms with Gasteiger partial charge in [-0.25, -0.2) is 0 Å². The molecule has 154 valence electrons. The molecule has 5 rings (SSSR count). The lowest BCUT2D eigenvalue weighted by Crippen LogP contribution is -2.67. The molecule has 0 radical (unpaired) electrons. The number of hydrogen-bond donors (Lipinski definition) is 1. The first-order valence-electron chi connectivity index (χ1n) is 10.3. The van der Waals surface area contributed by atoms with Crippen LogP contribution in [0.4, 0.5) is 0 Å². The number of carbonyl (C=O) groups excluding carboxylic acids is 2. The third-order valence-electron chi connectivity index (χ3n) is 6.76. The fourth-order valence-electron chi connectivity index (χ4n) is 5.01. The standard InChI is InChI=1S/C24H25N3O3/c1-15(16-7-5-4-6-8-16)26-14-21(28)27-12-11-18-19-13-17(30-3)9-10-20(19)25-22(18)24(27,2)23(26)29/h4-10,13,15,25H,11-12,14H2,1-3H3. The summed E-state index contributed by atoms with van der Waals surface area (Å²) in [5.74, 6) is 0.724. The number of ether oxygens (including phenoxy) is 1. The molecule has 2 amide bonds. The van der Waals surface area contributed by atoms with Crippen molar-refractivity contribution < 1.29 is 14.3 Å². The first-order chi connectivity index (χ1) is 14.4. The zero-order chi connectivity index (χ0) is 21.0. The number of methoxy groups -OCH3 is 1. The second-order valence-electron chi connectivity index (χ2n) is 8.28. The SMILES string of the molecule is COc1ccc2[nH]c3c(c2c1)CCN1C(=O)CN(C(C)c2ccccc2)C(=O)C31C. The summed E-state index contributed by atoms with van der Waals surface area (Å²) in [4.78, 5) is 34.0. The molecular formula is C24H25N3O3. The number of H-pyrrole nitrogens is 1. The van der Waals surface area contributed by atoms with Crippen molar-refractivity contribution in [2.75, 3.05) is 20.2 Å². The monoisotopic (exact) mass is 403 g/mol. The second-order valence-corrected chi connectivity index (χ2v) is 8.28. The molecule has 6 heteroatoms. The molecule has 1 N–H and O–H groups in total. The van der Waals surface area contributed by atoms with Crippen molar-refractivity contribution in [3.63, 3.8) is 0 Å². The first kappa shape index (κ1) is 18.7. The zero-order valence-corrected chi connectivity index (χ0v) is 17.4. The topological polar surface area (TPSA) is 65.6 Å². The number of amides is 2. The van der Waals surface area contributed by atoms with E-state index in [2.05, 4.69) is 4.98 Å². The Morgan fingerprint density at radius 3 is 2.63 bits per heavy atom. The summed E-state index contributed by atoms with van der Waals surface area (Å²) in [5, 5.41) is 1.05. The van der Waals surface area contributed by atoms with Crippen LogP contribution in [-0.4, -0.2) is 46.8 Å². The number of piperazine rings is 1. The Labute approximate surface area is 175 Å². The molecular weight excluding hydrogens is 378 g/mol. The highest BCUT2D eigenvalue weighted by Gasteiger charge is 2.54. The van der Waals surface area contributed by atoms with Gasteiger partial charge in [0.1, 0.15) is 12.3 Å². The minimum Gasteiger partial charge on any atom is -0.497 e. The van der Waals surface area contributed by atoms with Gasteiger partial charge < -0.3 is 19.5 Å². The Bertz CT molecular complexity index is 1150. The molecule has 1 saturated heterocycles. The molecule has 0 saturated carbocycles. The fraction of sp³-hybridized carbons (Fsp3) is 0.333. The van der Waals surface area contributed by atoms with Gasteiger partial charge in [-0.15, -0.1) is 0 Å². The second kappa shape index (κ2) is 6.62. The van der Waals surface area contributed by atoms with E-state index < -0.39 is 5.54 Å². The van der Waals surface area contributed by atoms with Crippen molar-refractivity contribution in [3.8, 4) is 5.75 Å². The van der Waals surface area contributed by atoms with Gasteiger partial charge in [0.05, 0.1) is 18.8 Å². The van der Waals surface area contributed by atoms with E-state index in [1.165, 1.54) is 0 Å². The van der Waals surface area contributed by atoms with E-state index in [4.69, 9.17) is 4.74 Å². The van der Waals surface area contributed by atoms with E-state index in [1.54, 1.807) is 16.9 Å². The average molecular weight is 403 g/mol. The Morgan fingerprint density at radius 1 is 1.13 bits per heavy atom. The molecule has 1 fully saturated rings. The summed E-state index contributed by atoms with van der Waals surface area (Å²) >= 11 is 0. The van der Waals surface area contributed by atoms with Crippen LogP contribution in [-0.2, 0) is 21.5 Å². The van der Waals surface area contributed by atoms with E-state index in [9.17, 15) is 9.59 Å². The maximum Gasteiger partial charge on any atom is 0.255 e. The Hall–Kier alpha value is -3.28. The summed E-state index contributed by atoms with van der Waals surface area (Å²) in [6, 6.07) is 15.6. The maximum atomic E-state index is 13.9. The predicted octanol–water partition coefficient (Wildman–Crippen LogP) is 3.38. The van der Waals surface area contributed by atoms with Gasteiger partial charge in [0.15, 0.2) is 5.54 Å². The van der Waals surface area contributed by atoms with Crippen molar-refractivity contribution in [1.82, 2.24) is 14.8 Å². The van der Waals surface area contributed by atoms with Crippen LogP contribution >= 0.6 is 0 Å². The number of rotatable bonds is 3. The summed E-state index contributed by atoms with van der Waals surface area (Å²) in [6.07, 6.45) is 0.714. The van der Waals surface area contributed by atoms with E-state index in [0.717, 1.165) is 33.5 Å². The van der Waals surface area contributed by atoms with Crippen LogP contribution in [0.3, 0.4) is 0 Å². The van der Waals surface area contributed by atoms with Gasteiger partial charge in [-0.1, -0.05) is 30.3 Å². The fourth-order valence-corrected chi connectivity index (χ4v) is 5.01. The Balaban J connectivity index is 1.63. The largest absolute Gasteiger partial charge is 0.497 e. The lowest BCUT2D eigenvalue weighted by atomic mass is 9.82. The lowest BCUT2D eigenvalue weighted by molar-refractivity contribution is -0.168. The lowest BCUT2D eigenvalue weighted by Gasteiger charge is -2.51. The quantitative estimate of drug-likeness (QED) is 0.729. The number of aromatic amines is 1. The maximum absolute atomic E-state index is 13.9. The van der Waals surface area contributed by atoms with Crippen molar-refractivity contribution in [2.45, 2.75) is 31.8 Å². The van der Waals surface area contributed by atoms with Crippen molar-refractivity contribution in [1.29, 1.82) is 0 Å². The molecule has 0 aliphatic carbocycles. The molecule has 0 spiro atoms. The average Bonchev–Trinajstić information content (AvgIpc) is 3.15. The number of nitrogens with one attached hydrogen (secondary N) is 1. The van der Waals surface area contributed by atoms with Crippen LogP contribution in [0, 0.1) is 0 Å². The van der Waals surface area contributed by atoms with Gasteiger partial charge in [-0.2, -0.15) is 0 Å². The van der Waals surface area contributed by atoms with Crippen LogP contribution in [0.25, 0.3) is 10.9 Å². The molecule has 3 heterocycles. The normalized spacial score (nSPS) is 22.1. The molecule has 6 nitrogen and oxygen atoms in total. The number of fused-ring (bicyclic) bond motifs is 5. The van der Waals surface area contributed by atoms with Crippen molar-refractivity contribution >= 4 is 22.7 Å². The zero-order valence-electron chi connectivity index (χ0n) is 17.4. The van der Waals surface area contributed by atoms with Gasteiger partial charge in [-0.05, 0) is 49.6 Å². The number of nitrogens with zero attached hydrogens (tertiary/aromatic N) is 2. The highest BCUT2D eigenvalue weighted by atomic mass is 16.5. The molecule has 2 aromatic carbocycles. The molecule has 0 bridgehead atoms. The predicted molar refractivity (Wildman–Crippen MR) is 114 cm³/mol. The van der Waals surface area contributed by atoms with Crippen molar-refractivity contribution in [2.24, 2.45) is 0 Å². The van der Waals surface area contributed by atoms with Crippen LogP contribution in [0.1, 0.15) is 36.7 Å². The summed E-state index contributed by atoms with van der Waals surface area (Å²) < 4.78 is 5.40. The smallest absolute Gasteiger partial charge is 0.255 e. The molecule has 30 heavy (non-hydrogen) atoms. The van der Waals surface area contributed by atoms with Gasteiger partial charge in [-0.3, -0.25) is 9.59 Å². The van der Waals surface area contributed by atoms with Crippen LogP contribution in [0.5, 0.6) is 5.75 Å². The summed E-state index contributed by atoms with van der Waals surface area (Å²) in [6.45, 7) is 4.50. The molecule has 2 aliphatic rings. The van der Waals surface area contributed by atoms with Gasteiger partial charge >= 0.3 is 0 Å². The first-order valence-corrected chi connectivity index (χ1v) is 10.3. The summed E-state index contributed by atoms with van der Waals surface area (Å²) in [5.41, 5.74) is 2.85. The Morgan fingerprint density at radius 2 is 1.90 bits per heavy atom. The molecule has 1 aromatic heterocycles. The number of carbonyl (C=O) groups is 2. The minimum absolute atomic E-state index is 0.0123. The molecule has 3 aromatic rings. The van der Waals surface area contributed by atoms with E-state index in [-0.39, 0.29) is 24.4 Å². The van der Waals surface area contributed by atoms with Gasteiger partial charge in [0.2, 0.25) is 5.91 Å². The number of hydrogen-bond acceptors (Lipinski definition) is 3. The highest BCUT2D eigenvalue weighted by Crippen LogP contribution is 2.44. The van der Waals surface area contributed by atoms with Crippen LogP contribution < -0.4 is 4.74 Å². The minimum atomic E-state index is -1.04.